The third kappa shape index (κ3) is 3.13. The maximum absolute atomic E-state index is 13.0. The average Bonchev–Trinajstić information content (AvgIpc) is 3.44. The standard InChI is InChI=1S/C28H16O3S/c29-27-22-12-18-8-4-5-9-19(18)13-23(22)28(30)24(27)15-21-16-25-26(32-21)14-20(31-25)11-10-17-6-2-1-3-7-17/h1-16H/b11-10+. The molecule has 32 heavy (non-hydrogen) atoms. The molecule has 0 unspecified atom stereocenters. The third-order valence-electron chi connectivity index (χ3n) is 5.64. The second-order valence-corrected chi connectivity index (χ2v) is 8.85. The molecule has 1 aliphatic carbocycles. The van der Waals surface area contributed by atoms with Crippen molar-refractivity contribution in [3.63, 3.8) is 0 Å². The summed E-state index contributed by atoms with van der Waals surface area (Å²) in [4.78, 5) is 26.8. The predicted molar refractivity (Wildman–Crippen MR) is 130 cm³/mol. The Labute approximate surface area is 187 Å². The Bertz CT molecular complexity index is 1510. The summed E-state index contributed by atoms with van der Waals surface area (Å²) < 4.78 is 6.90. The van der Waals surface area contributed by atoms with E-state index in [4.69, 9.17) is 4.42 Å². The van der Waals surface area contributed by atoms with Gasteiger partial charge in [-0.05, 0) is 46.7 Å². The molecule has 0 aliphatic heterocycles. The van der Waals surface area contributed by atoms with Gasteiger partial charge in [0, 0.05) is 22.1 Å². The SMILES string of the molecule is O=C1C(=Cc2cc3oc(/C=C/c4ccccc4)cc3s2)C(=O)c2cc3ccccc3cc21. The van der Waals surface area contributed by atoms with Crippen LogP contribution < -0.4 is 0 Å². The van der Waals surface area contributed by atoms with Gasteiger partial charge in [0.05, 0.1) is 10.3 Å². The van der Waals surface area contributed by atoms with Crippen molar-refractivity contribution in [1.82, 2.24) is 0 Å². The summed E-state index contributed by atoms with van der Waals surface area (Å²) >= 11 is 1.50. The predicted octanol–water partition coefficient (Wildman–Crippen LogP) is 7.28. The normalized spacial score (nSPS) is 13.6. The number of allylic oxidation sites excluding steroid dienone is 1. The molecule has 0 N–H and O–H groups in total. The van der Waals surface area contributed by atoms with Crippen LogP contribution in [0.2, 0.25) is 0 Å². The molecule has 3 aromatic carbocycles. The molecule has 0 atom stereocenters. The Balaban J connectivity index is 1.32. The quantitative estimate of drug-likeness (QED) is 0.222. The first-order valence-corrected chi connectivity index (χ1v) is 11.1. The number of fused-ring (bicyclic) bond motifs is 3. The van der Waals surface area contributed by atoms with Gasteiger partial charge in [-0.3, -0.25) is 9.59 Å². The summed E-state index contributed by atoms with van der Waals surface area (Å²) in [5.74, 6) is 0.334. The van der Waals surface area contributed by atoms with E-state index in [1.54, 1.807) is 6.08 Å². The van der Waals surface area contributed by atoms with Gasteiger partial charge in [0.2, 0.25) is 0 Å². The molecule has 0 bridgehead atoms. The number of carbonyl (C=O) groups is 2. The monoisotopic (exact) mass is 432 g/mol. The number of rotatable bonds is 3. The zero-order valence-corrected chi connectivity index (χ0v) is 17.7. The lowest BCUT2D eigenvalue weighted by Crippen LogP contribution is -1.99. The number of carbonyl (C=O) groups excluding carboxylic acids is 2. The Morgan fingerprint density at radius 3 is 2.03 bits per heavy atom. The van der Waals surface area contributed by atoms with E-state index in [-0.39, 0.29) is 17.1 Å². The number of Topliss-reactive ketones (excluding diaryl/α,β-unsaturated/α-hetero) is 2. The van der Waals surface area contributed by atoms with Crippen molar-refractivity contribution < 1.29 is 14.0 Å². The van der Waals surface area contributed by atoms with Crippen LogP contribution in [0.5, 0.6) is 0 Å². The highest BCUT2D eigenvalue weighted by Gasteiger charge is 2.33. The van der Waals surface area contributed by atoms with Gasteiger partial charge in [0.15, 0.2) is 11.6 Å². The average molecular weight is 433 g/mol. The topological polar surface area (TPSA) is 47.3 Å². The van der Waals surface area contributed by atoms with Crippen molar-refractivity contribution >= 4 is 62.2 Å². The van der Waals surface area contributed by atoms with Gasteiger partial charge >= 0.3 is 0 Å². The van der Waals surface area contributed by atoms with Crippen LogP contribution in [0.4, 0.5) is 0 Å². The molecule has 4 heteroatoms. The minimum Gasteiger partial charge on any atom is -0.456 e. The fraction of sp³-hybridized carbons (Fsp3) is 0. The smallest absolute Gasteiger partial charge is 0.197 e. The lowest BCUT2D eigenvalue weighted by molar-refractivity contribution is 0.0990. The third-order valence-corrected chi connectivity index (χ3v) is 6.65. The van der Waals surface area contributed by atoms with Crippen LogP contribution in [-0.4, -0.2) is 11.6 Å². The Morgan fingerprint density at radius 2 is 1.38 bits per heavy atom. The van der Waals surface area contributed by atoms with E-state index >= 15 is 0 Å². The van der Waals surface area contributed by atoms with Crippen molar-refractivity contribution in [2.45, 2.75) is 0 Å². The maximum atomic E-state index is 13.0. The molecule has 5 aromatic rings. The number of furan rings is 1. The van der Waals surface area contributed by atoms with Crippen molar-refractivity contribution in [1.29, 1.82) is 0 Å². The largest absolute Gasteiger partial charge is 0.456 e. The number of benzene rings is 3. The van der Waals surface area contributed by atoms with Gasteiger partial charge in [0.25, 0.3) is 0 Å². The minimum absolute atomic E-state index is 0.211. The first kappa shape index (κ1) is 18.7. The molecule has 0 fully saturated rings. The molecule has 0 radical (unpaired) electrons. The zero-order chi connectivity index (χ0) is 21.7. The van der Waals surface area contributed by atoms with Gasteiger partial charge in [-0.25, -0.2) is 0 Å². The molecule has 152 valence electrons. The van der Waals surface area contributed by atoms with Crippen LogP contribution in [0.1, 0.15) is 36.9 Å². The second-order valence-electron chi connectivity index (χ2n) is 7.73. The molecule has 2 aromatic heterocycles. The van der Waals surface area contributed by atoms with Gasteiger partial charge < -0.3 is 4.42 Å². The Morgan fingerprint density at radius 1 is 0.719 bits per heavy atom. The number of thiophene rings is 1. The van der Waals surface area contributed by atoms with E-state index in [1.165, 1.54) is 11.3 Å². The lowest BCUT2D eigenvalue weighted by Gasteiger charge is -2.00. The number of ketones is 2. The van der Waals surface area contributed by atoms with Crippen LogP contribution in [0, 0.1) is 0 Å². The van der Waals surface area contributed by atoms with Crippen LogP contribution in [-0.2, 0) is 0 Å². The van der Waals surface area contributed by atoms with E-state index in [1.807, 2.05) is 91.0 Å². The van der Waals surface area contributed by atoms with Gasteiger partial charge in [0.1, 0.15) is 11.3 Å². The minimum atomic E-state index is -0.216. The lowest BCUT2D eigenvalue weighted by atomic mass is 10.0. The molecule has 0 saturated heterocycles. The summed E-state index contributed by atoms with van der Waals surface area (Å²) in [6.07, 6.45) is 5.63. The molecule has 1 aliphatic rings. The number of hydrogen-bond acceptors (Lipinski definition) is 4. The fourth-order valence-electron chi connectivity index (χ4n) is 4.05. The maximum Gasteiger partial charge on any atom is 0.197 e. The van der Waals surface area contributed by atoms with E-state index in [2.05, 4.69) is 0 Å². The van der Waals surface area contributed by atoms with Crippen LogP contribution in [0.3, 0.4) is 0 Å². The van der Waals surface area contributed by atoms with E-state index < -0.39 is 0 Å². The van der Waals surface area contributed by atoms with Gasteiger partial charge in [-0.2, -0.15) is 0 Å². The first-order chi connectivity index (χ1) is 15.7. The van der Waals surface area contributed by atoms with E-state index in [0.717, 1.165) is 37.3 Å². The summed E-state index contributed by atoms with van der Waals surface area (Å²) in [7, 11) is 0. The second kappa shape index (κ2) is 7.29. The highest BCUT2D eigenvalue weighted by molar-refractivity contribution is 7.19. The molecule has 0 saturated carbocycles. The highest BCUT2D eigenvalue weighted by atomic mass is 32.1. The fourth-order valence-corrected chi connectivity index (χ4v) is 5.02. The summed E-state index contributed by atoms with van der Waals surface area (Å²) in [5.41, 5.74) is 3.02. The molecular formula is C28H16O3S. The summed E-state index contributed by atoms with van der Waals surface area (Å²) in [6, 6.07) is 25.3. The Kier molecular flexibility index (Phi) is 4.27. The molecule has 6 rings (SSSR count). The molecule has 3 nitrogen and oxygen atoms in total. The first-order valence-electron chi connectivity index (χ1n) is 10.3. The van der Waals surface area contributed by atoms with Crippen LogP contribution >= 0.6 is 11.3 Å². The summed E-state index contributed by atoms with van der Waals surface area (Å²) in [6.45, 7) is 0. The molecule has 2 heterocycles. The van der Waals surface area contributed by atoms with E-state index in [0.29, 0.717) is 11.1 Å². The number of hydrogen-bond donors (Lipinski definition) is 0. The highest BCUT2D eigenvalue weighted by Crippen LogP contribution is 2.35. The molecular weight excluding hydrogens is 416 g/mol. The van der Waals surface area contributed by atoms with Crippen molar-refractivity contribution in [2.75, 3.05) is 0 Å². The van der Waals surface area contributed by atoms with Crippen LogP contribution in [0.15, 0.2) is 88.9 Å². The Hall–Kier alpha value is -4.02. The van der Waals surface area contributed by atoms with Gasteiger partial charge in [-0.1, -0.05) is 60.7 Å². The van der Waals surface area contributed by atoms with Crippen molar-refractivity contribution in [2.24, 2.45) is 0 Å². The van der Waals surface area contributed by atoms with E-state index in [9.17, 15) is 9.59 Å². The van der Waals surface area contributed by atoms with Crippen molar-refractivity contribution in [3.05, 3.63) is 112 Å². The van der Waals surface area contributed by atoms with Crippen molar-refractivity contribution in [3.8, 4) is 0 Å². The van der Waals surface area contributed by atoms with Crippen LogP contribution in [0.25, 0.3) is 39.3 Å². The summed E-state index contributed by atoms with van der Waals surface area (Å²) in [5, 5.41) is 1.91. The molecule has 0 amide bonds. The zero-order valence-electron chi connectivity index (χ0n) is 16.9. The van der Waals surface area contributed by atoms with Gasteiger partial charge in [-0.15, -0.1) is 11.3 Å². The molecule has 0 spiro atoms.